The summed E-state index contributed by atoms with van der Waals surface area (Å²) in [7, 11) is -6.62. The van der Waals surface area contributed by atoms with Crippen LogP contribution in [0, 0.1) is 0 Å². The molecule has 2 aromatic rings. The van der Waals surface area contributed by atoms with Gasteiger partial charge < -0.3 is 22.9 Å². The van der Waals surface area contributed by atoms with Gasteiger partial charge in [0.15, 0.2) is 0 Å². The Labute approximate surface area is 225 Å². The molecule has 0 radical (unpaired) electrons. The molecule has 0 saturated carbocycles. The lowest BCUT2D eigenvalue weighted by molar-refractivity contribution is 0.579. The van der Waals surface area contributed by atoms with E-state index in [2.05, 4.69) is 16.4 Å². The maximum atomic E-state index is 11.5. The molecule has 2 rings (SSSR count). The second kappa shape index (κ2) is 26.5. The summed E-state index contributed by atoms with van der Waals surface area (Å²) in [6, 6.07) is 16.6. The Morgan fingerprint density at radius 3 is 1.17 bits per heavy atom. The summed E-state index contributed by atoms with van der Waals surface area (Å²) in [5.74, 6) is 0. The van der Waals surface area contributed by atoms with Crippen LogP contribution in [0.1, 0.15) is 34.1 Å². The molecule has 0 amide bonds. The molecule has 0 fully saturated rings. The minimum absolute atomic E-state index is 0. The van der Waals surface area contributed by atoms with E-state index in [4.69, 9.17) is 22.9 Å². The van der Waals surface area contributed by atoms with Gasteiger partial charge in [-0.1, -0.05) is 57.7 Å². The van der Waals surface area contributed by atoms with Gasteiger partial charge in [-0.3, -0.25) is 0 Å². The first kappa shape index (κ1) is 41.5. The van der Waals surface area contributed by atoms with Crippen LogP contribution in [0.25, 0.3) is 0 Å². The summed E-state index contributed by atoms with van der Waals surface area (Å²) in [5, 5.41) is 0. The minimum Gasteiger partial charge on any atom is -0.330 e. The maximum absolute atomic E-state index is 11.5. The lowest BCUT2D eigenvalue weighted by Gasteiger charge is -2.04. The Morgan fingerprint density at radius 2 is 0.917 bits per heavy atom. The number of nitrogens with one attached hydrogen (secondary N) is 2. The fraction of sp³-hybridized carbons (Fsp3) is 0.478. The monoisotopic (exact) mass is 570 g/mol. The van der Waals surface area contributed by atoms with E-state index in [1.807, 2.05) is 6.92 Å². The van der Waals surface area contributed by atoms with Gasteiger partial charge in [-0.25, -0.2) is 26.3 Å². The van der Waals surface area contributed by atoms with Crippen molar-refractivity contribution in [3.05, 3.63) is 60.7 Å². The predicted octanol–water partition coefficient (Wildman–Crippen LogP) is 1.62. The van der Waals surface area contributed by atoms with E-state index in [1.165, 1.54) is 0 Å². The molecule has 0 unspecified atom stereocenters. The third-order valence-electron chi connectivity index (χ3n) is 3.54. The molecule has 10 nitrogen and oxygen atoms in total. The highest BCUT2D eigenvalue weighted by atomic mass is 35.5. The number of halogens is 1. The number of sulfonamides is 2. The fourth-order valence-electron chi connectivity index (χ4n) is 1.80. The van der Waals surface area contributed by atoms with Gasteiger partial charge >= 0.3 is 0 Å². The first-order valence-corrected chi connectivity index (χ1v) is 14.0. The maximum Gasteiger partial charge on any atom is 0.240 e. The Morgan fingerprint density at radius 1 is 0.583 bits per heavy atom. The quantitative estimate of drug-likeness (QED) is 0.247. The van der Waals surface area contributed by atoms with Crippen LogP contribution in [0.3, 0.4) is 0 Å². The van der Waals surface area contributed by atoms with Gasteiger partial charge in [-0.05, 0) is 43.7 Å². The van der Waals surface area contributed by atoms with Crippen LogP contribution in [0.2, 0.25) is 0 Å². The summed E-state index contributed by atoms with van der Waals surface area (Å²) >= 11 is 0. The number of hydrogen-bond acceptors (Lipinski definition) is 8. The standard InChI is InChI=1S/C9H13NO2S.C8H12N2O2S.C3H9N.C2H8N2.CH4.ClH/c1-2-8-10-13(11,12)9-6-4-3-5-7-9;9-6-7-10-13(11,12)8-4-2-1-3-5-8;1-2-3-4;3-1-2-4;;/h3-7,10H,2,8H2,1H3;1-5,10H,6-7,9H2;2-4H2,1H3;1-4H2;1H4;1H. The van der Waals surface area contributed by atoms with Crippen molar-refractivity contribution in [2.75, 3.05) is 39.3 Å². The molecule has 0 atom stereocenters. The zero-order valence-electron chi connectivity index (χ0n) is 20.6. The highest BCUT2D eigenvalue weighted by Crippen LogP contribution is 2.07. The smallest absolute Gasteiger partial charge is 0.240 e. The van der Waals surface area contributed by atoms with Crippen LogP contribution in [0.4, 0.5) is 0 Å². The van der Waals surface area contributed by atoms with Gasteiger partial charge in [-0.15, -0.1) is 12.4 Å². The SMILES string of the molecule is C.CCCN.CCCNS(=O)(=O)c1ccccc1.Cl.NCCN.NCCNS(=O)(=O)c1ccccc1. The van der Waals surface area contributed by atoms with Crippen molar-refractivity contribution in [3.63, 3.8) is 0 Å². The van der Waals surface area contributed by atoms with E-state index < -0.39 is 20.0 Å². The molecule has 0 saturated heterocycles. The molecule has 212 valence electrons. The molecule has 10 N–H and O–H groups in total. The number of hydrogen-bond donors (Lipinski definition) is 6. The zero-order chi connectivity index (χ0) is 26.3. The number of rotatable bonds is 10. The van der Waals surface area contributed by atoms with E-state index in [1.54, 1.807) is 60.7 Å². The predicted molar refractivity (Wildman–Crippen MR) is 154 cm³/mol. The molecule has 13 heteroatoms. The summed E-state index contributed by atoms with van der Waals surface area (Å²) in [4.78, 5) is 0.590. The number of nitrogens with two attached hydrogens (primary N) is 4. The van der Waals surface area contributed by atoms with Crippen molar-refractivity contribution in [1.29, 1.82) is 0 Å². The van der Waals surface area contributed by atoms with Crippen LogP contribution in [-0.2, 0) is 20.0 Å². The van der Waals surface area contributed by atoms with E-state index >= 15 is 0 Å². The number of benzene rings is 2. The third-order valence-corrected chi connectivity index (χ3v) is 6.49. The van der Waals surface area contributed by atoms with Crippen molar-refractivity contribution in [3.8, 4) is 0 Å². The fourth-order valence-corrected chi connectivity index (χ4v) is 4.02. The lowest BCUT2D eigenvalue weighted by Crippen LogP contribution is -2.29. The normalized spacial score (nSPS) is 9.94. The lowest BCUT2D eigenvalue weighted by atomic mass is 10.4. The van der Waals surface area contributed by atoms with E-state index in [-0.39, 0.29) is 31.3 Å². The second-order valence-corrected chi connectivity index (χ2v) is 10.1. The van der Waals surface area contributed by atoms with Crippen molar-refractivity contribution < 1.29 is 16.8 Å². The van der Waals surface area contributed by atoms with Gasteiger partial charge in [0, 0.05) is 32.7 Å². The van der Waals surface area contributed by atoms with Crippen molar-refractivity contribution in [1.82, 2.24) is 9.44 Å². The molecular weight excluding hydrogens is 524 g/mol. The van der Waals surface area contributed by atoms with Crippen LogP contribution in [0.5, 0.6) is 0 Å². The molecule has 0 bridgehead atoms. The highest BCUT2D eigenvalue weighted by Gasteiger charge is 2.11. The largest absolute Gasteiger partial charge is 0.330 e. The summed E-state index contributed by atoms with van der Waals surface area (Å²) in [6.07, 6.45) is 1.89. The van der Waals surface area contributed by atoms with Gasteiger partial charge in [0.25, 0.3) is 0 Å². The Balaban J connectivity index is -0.000000211. The van der Waals surface area contributed by atoms with Gasteiger partial charge in [0.2, 0.25) is 20.0 Å². The summed E-state index contributed by atoms with van der Waals surface area (Å²) in [6.45, 7) is 7.04. The second-order valence-electron chi connectivity index (χ2n) is 6.58. The molecule has 36 heavy (non-hydrogen) atoms. The van der Waals surface area contributed by atoms with Crippen molar-refractivity contribution in [2.45, 2.75) is 43.9 Å². The van der Waals surface area contributed by atoms with Gasteiger partial charge in [0.1, 0.15) is 0 Å². The van der Waals surface area contributed by atoms with E-state index in [9.17, 15) is 16.8 Å². The Hall–Kier alpha value is -1.61. The zero-order valence-corrected chi connectivity index (χ0v) is 23.0. The van der Waals surface area contributed by atoms with Crippen LogP contribution in [-0.4, -0.2) is 56.1 Å². The van der Waals surface area contributed by atoms with Crippen molar-refractivity contribution >= 4 is 32.5 Å². The molecule has 0 spiro atoms. The molecule has 0 aliphatic heterocycles. The topological polar surface area (TPSA) is 196 Å². The van der Waals surface area contributed by atoms with Crippen LogP contribution < -0.4 is 32.4 Å². The Kier molecular flexibility index (Phi) is 30.5. The third kappa shape index (κ3) is 21.7. The first-order valence-electron chi connectivity index (χ1n) is 11.1. The summed E-state index contributed by atoms with van der Waals surface area (Å²) in [5.41, 5.74) is 20.0. The minimum atomic E-state index is -3.35. The molecular formula is C23H47ClN6O4S2. The van der Waals surface area contributed by atoms with E-state index in [0.717, 1.165) is 19.4 Å². The first-order chi connectivity index (χ1) is 16.2. The molecule has 0 aliphatic carbocycles. The molecule has 0 heterocycles. The highest BCUT2D eigenvalue weighted by molar-refractivity contribution is 7.89. The molecule has 0 aliphatic rings. The average molecular weight is 571 g/mol. The van der Waals surface area contributed by atoms with E-state index in [0.29, 0.717) is 31.1 Å². The van der Waals surface area contributed by atoms with Gasteiger partial charge in [0.05, 0.1) is 9.79 Å². The molecule has 0 aromatic heterocycles. The molecule has 2 aromatic carbocycles. The summed E-state index contributed by atoms with van der Waals surface area (Å²) < 4.78 is 50.7. The Bertz CT molecular complexity index is 839. The average Bonchev–Trinajstić information content (AvgIpc) is 2.88. The van der Waals surface area contributed by atoms with Gasteiger partial charge in [-0.2, -0.15) is 0 Å². The van der Waals surface area contributed by atoms with Crippen LogP contribution >= 0.6 is 12.4 Å². The van der Waals surface area contributed by atoms with Crippen LogP contribution in [0.15, 0.2) is 70.5 Å². The van der Waals surface area contributed by atoms with Crippen molar-refractivity contribution in [2.24, 2.45) is 22.9 Å².